The van der Waals surface area contributed by atoms with Gasteiger partial charge in [-0.15, -0.1) is 0 Å². The molecule has 0 unspecified atom stereocenters. The summed E-state index contributed by atoms with van der Waals surface area (Å²) in [5, 5.41) is 24.0. The maximum absolute atomic E-state index is 13.8. The molecule has 0 spiro atoms. The third-order valence-corrected chi connectivity index (χ3v) is 14.4. The van der Waals surface area contributed by atoms with E-state index in [0.717, 1.165) is 57.8 Å². The smallest absolute Gasteiger partial charge is 0.338 e. The molecule has 2 N–H and O–H groups in total. The number of methoxy groups -OCH3 is 1. The Labute approximate surface area is 265 Å². The van der Waals surface area contributed by atoms with Crippen LogP contribution in [0.15, 0.2) is 24.3 Å². The second-order valence-corrected chi connectivity index (χ2v) is 17.4. The average Bonchev–Trinajstić information content (AvgIpc) is 3.32. The van der Waals surface area contributed by atoms with Crippen LogP contribution in [0.4, 0.5) is 4.39 Å². The van der Waals surface area contributed by atoms with E-state index in [9.17, 15) is 19.4 Å². The Hall–Kier alpha value is -1.50. The molecule has 0 bridgehead atoms. The molecule has 1 aromatic carbocycles. The number of halogens is 1. The van der Waals surface area contributed by atoms with Crippen LogP contribution in [0, 0.1) is 51.1 Å². The largest absolute Gasteiger partial charge is 0.458 e. The van der Waals surface area contributed by atoms with Crippen LogP contribution in [-0.4, -0.2) is 46.7 Å². The van der Waals surface area contributed by atoms with Gasteiger partial charge in [0, 0.05) is 12.5 Å². The van der Waals surface area contributed by atoms with Crippen molar-refractivity contribution in [3.05, 3.63) is 35.6 Å². The van der Waals surface area contributed by atoms with E-state index in [-0.39, 0.29) is 50.8 Å². The van der Waals surface area contributed by atoms with Gasteiger partial charge in [0.05, 0.1) is 22.9 Å². The molecule has 0 heterocycles. The maximum Gasteiger partial charge on any atom is 0.338 e. The van der Waals surface area contributed by atoms with Gasteiger partial charge in [0.15, 0.2) is 0 Å². The van der Waals surface area contributed by atoms with Gasteiger partial charge in [-0.3, -0.25) is 0 Å². The lowest BCUT2D eigenvalue weighted by atomic mass is 9.35. The van der Waals surface area contributed by atoms with Crippen LogP contribution in [0.3, 0.4) is 0 Å². The Morgan fingerprint density at radius 2 is 1.66 bits per heavy atom. The minimum atomic E-state index is -0.830. The standard InChI is InChI=1S/C38H59FO5/c1-33(2,43-9)17-11-18-38(8,42)26-14-20-37(7)31(26)27(40)23-29-35(5)19-16-30(34(3,4)28(35)15-21-36(29,37)6)44-32(41)24-12-10-13-25(39)22-24/h10,12-13,22,26-31,40,42H,11,14-21,23H2,1-9H3/t26-,27+,28-,29+,30-,31-,35-,36+,37+,38+/m0/s1. The van der Waals surface area contributed by atoms with Gasteiger partial charge in [-0.05, 0) is 143 Å². The Bertz CT molecular complexity index is 1230. The first kappa shape index (κ1) is 33.9. The molecule has 0 amide bonds. The summed E-state index contributed by atoms with van der Waals surface area (Å²) in [4.78, 5) is 13.1. The molecule has 4 fully saturated rings. The predicted octanol–water partition coefficient (Wildman–Crippen LogP) is 8.35. The molecule has 4 aliphatic rings. The fraction of sp³-hybridized carbons (Fsp3) is 0.816. The minimum Gasteiger partial charge on any atom is -0.458 e. The molecule has 44 heavy (non-hydrogen) atoms. The van der Waals surface area contributed by atoms with Crippen molar-refractivity contribution >= 4 is 5.97 Å². The first-order valence-electron chi connectivity index (χ1n) is 17.2. The number of benzene rings is 1. The lowest BCUT2D eigenvalue weighted by molar-refractivity contribution is -0.246. The molecule has 0 aromatic heterocycles. The van der Waals surface area contributed by atoms with E-state index in [1.807, 2.05) is 6.92 Å². The van der Waals surface area contributed by atoms with E-state index in [4.69, 9.17) is 9.47 Å². The molecule has 0 radical (unpaired) electrons. The van der Waals surface area contributed by atoms with Crippen LogP contribution >= 0.6 is 0 Å². The van der Waals surface area contributed by atoms with Crippen molar-refractivity contribution in [3.63, 3.8) is 0 Å². The van der Waals surface area contributed by atoms with Gasteiger partial charge in [-0.1, -0.05) is 40.7 Å². The van der Waals surface area contributed by atoms with Gasteiger partial charge >= 0.3 is 5.97 Å². The zero-order chi connectivity index (χ0) is 32.5. The first-order chi connectivity index (χ1) is 20.3. The van der Waals surface area contributed by atoms with Crippen LogP contribution in [0.25, 0.3) is 0 Å². The van der Waals surface area contributed by atoms with Crippen molar-refractivity contribution < 1.29 is 28.9 Å². The molecule has 248 valence electrons. The number of ether oxygens (including phenoxy) is 2. The fourth-order valence-corrected chi connectivity index (χ4v) is 11.6. The van der Waals surface area contributed by atoms with E-state index in [0.29, 0.717) is 18.3 Å². The molecule has 0 aliphatic heterocycles. The van der Waals surface area contributed by atoms with E-state index >= 15 is 0 Å². The van der Waals surface area contributed by atoms with Crippen molar-refractivity contribution in [2.45, 2.75) is 143 Å². The van der Waals surface area contributed by atoms with Crippen LogP contribution in [-0.2, 0) is 9.47 Å². The number of carbonyl (C=O) groups is 1. The van der Waals surface area contributed by atoms with E-state index < -0.39 is 23.5 Å². The molecule has 10 atom stereocenters. The normalized spacial score (nSPS) is 41.2. The summed E-state index contributed by atoms with van der Waals surface area (Å²) >= 11 is 0. The van der Waals surface area contributed by atoms with Gasteiger partial charge in [0.2, 0.25) is 0 Å². The highest BCUT2D eigenvalue weighted by molar-refractivity contribution is 5.89. The van der Waals surface area contributed by atoms with Crippen molar-refractivity contribution in [1.29, 1.82) is 0 Å². The van der Waals surface area contributed by atoms with Crippen molar-refractivity contribution in [2.75, 3.05) is 7.11 Å². The monoisotopic (exact) mass is 614 g/mol. The summed E-state index contributed by atoms with van der Waals surface area (Å²) in [6.07, 6.45) is 8.37. The number of fused-ring (bicyclic) bond motifs is 5. The van der Waals surface area contributed by atoms with Gasteiger partial charge in [0.25, 0.3) is 0 Å². The van der Waals surface area contributed by atoms with Gasteiger partial charge in [0.1, 0.15) is 11.9 Å². The Balaban J connectivity index is 1.36. The SMILES string of the molecule is COC(C)(C)CCC[C@@](C)(O)[C@H]1CC[C@]2(C)[C@@H]1[C@H](O)C[C@@H]1[C@@]3(C)CC[C@H](OC(=O)c4cccc(F)c4)C(C)(C)[C@@H]3CC[C@]12C. The van der Waals surface area contributed by atoms with E-state index in [1.165, 1.54) is 12.1 Å². The fourth-order valence-electron chi connectivity index (χ4n) is 11.6. The number of aliphatic hydroxyl groups is 2. The molecule has 4 saturated carbocycles. The highest BCUT2D eigenvalue weighted by Gasteiger charge is 2.71. The third kappa shape index (κ3) is 5.37. The maximum atomic E-state index is 13.8. The Morgan fingerprint density at radius 3 is 2.32 bits per heavy atom. The molecule has 4 aliphatic carbocycles. The van der Waals surface area contributed by atoms with Crippen LogP contribution in [0.5, 0.6) is 0 Å². The van der Waals surface area contributed by atoms with Crippen LogP contribution in [0.1, 0.15) is 130 Å². The minimum absolute atomic E-state index is 0.000434. The lowest BCUT2D eigenvalue weighted by Crippen LogP contribution is -2.66. The molecule has 5 rings (SSSR count). The van der Waals surface area contributed by atoms with Crippen LogP contribution in [0.2, 0.25) is 0 Å². The second kappa shape index (κ2) is 11.3. The average molecular weight is 615 g/mol. The highest BCUT2D eigenvalue weighted by atomic mass is 19.1. The molecular formula is C38H59FO5. The summed E-state index contributed by atoms with van der Waals surface area (Å²) in [6, 6.07) is 5.76. The van der Waals surface area contributed by atoms with E-state index in [2.05, 4.69) is 48.5 Å². The zero-order valence-corrected chi connectivity index (χ0v) is 28.8. The number of esters is 1. The molecule has 1 aromatic rings. The van der Waals surface area contributed by atoms with Crippen molar-refractivity contribution in [2.24, 2.45) is 45.3 Å². The predicted molar refractivity (Wildman–Crippen MR) is 172 cm³/mol. The summed E-state index contributed by atoms with van der Waals surface area (Å²) < 4.78 is 25.6. The summed E-state index contributed by atoms with van der Waals surface area (Å²) in [5.74, 6) is -0.0592. The lowest BCUT2D eigenvalue weighted by Gasteiger charge is -2.70. The number of hydrogen-bond donors (Lipinski definition) is 2. The van der Waals surface area contributed by atoms with E-state index in [1.54, 1.807) is 19.2 Å². The second-order valence-electron chi connectivity index (χ2n) is 17.4. The molecule has 0 saturated heterocycles. The molecule has 6 heteroatoms. The third-order valence-electron chi connectivity index (χ3n) is 14.4. The Kier molecular flexibility index (Phi) is 8.72. The summed E-state index contributed by atoms with van der Waals surface area (Å²) in [7, 11) is 1.75. The van der Waals surface area contributed by atoms with Crippen molar-refractivity contribution in [3.8, 4) is 0 Å². The van der Waals surface area contributed by atoms with Crippen molar-refractivity contribution in [1.82, 2.24) is 0 Å². The zero-order valence-electron chi connectivity index (χ0n) is 28.8. The summed E-state index contributed by atoms with van der Waals surface area (Å²) in [5.41, 5.74) is -1.04. The molecule has 5 nitrogen and oxygen atoms in total. The molecular weight excluding hydrogens is 555 g/mol. The number of carbonyl (C=O) groups excluding carboxylic acids is 1. The van der Waals surface area contributed by atoms with Gasteiger partial charge < -0.3 is 19.7 Å². The van der Waals surface area contributed by atoms with Gasteiger partial charge in [-0.25, -0.2) is 9.18 Å². The highest BCUT2D eigenvalue weighted by Crippen LogP contribution is 2.76. The van der Waals surface area contributed by atoms with Crippen LogP contribution < -0.4 is 0 Å². The summed E-state index contributed by atoms with van der Waals surface area (Å²) in [6.45, 7) is 18.1. The number of hydrogen-bond acceptors (Lipinski definition) is 5. The quantitative estimate of drug-likeness (QED) is 0.288. The van der Waals surface area contributed by atoms with Gasteiger partial charge in [-0.2, -0.15) is 0 Å². The number of rotatable bonds is 8. The number of aliphatic hydroxyl groups excluding tert-OH is 1. The topological polar surface area (TPSA) is 76.0 Å². The first-order valence-corrected chi connectivity index (χ1v) is 17.2. The Morgan fingerprint density at radius 1 is 0.977 bits per heavy atom.